The summed E-state index contributed by atoms with van der Waals surface area (Å²) in [5, 5.41) is 4.28. The minimum absolute atomic E-state index is 0.0517. The number of carbonyl (C=O) groups is 1. The lowest BCUT2D eigenvalue weighted by Gasteiger charge is -2.35. The Labute approximate surface area is 119 Å². The Balaban J connectivity index is 1.72. The number of rotatable bonds is 2. The van der Waals surface area contributed by atoms with Gasteiger partial charge in [-0.3, -0.25) is 4.79 Å². The smallest absolute Gasteiger partial charge is 0.251 e. The molecule has 1 fully saturated rings. The summed E-state index contributed by atoms with van der Waals surface area (Å²) in [6.45, 7) is 4.58. The van der Waals surface area contributed by atoms with Crippen molar-refractivity contribution in [2.24, 2.45) is 5.41 Å². The lowest BCUT2D eigenvalue weighted by molar-refractivity contribution is 0.0902. The monoisotopic (exact) mass is 270 g/mol. The van der Waals surface area contributed by atoms with Crippen LogP contribution in [0.5, 0.6) is 0 Å². The maximum Gasteiger partial charge on any atom is 0.251 e. The largest absolute Gasteiger partial charge is 0.361 e. The van der Waals surface area contributed by atoms with Crippen molar-refractivity contribution in [2.45, 2.75) is 45.6 Å². The van der Waals surface area contributed by atoms with E-state index in [0.717, 1.165) is 29.3 Å². The van der Waals surface area contributed by atoms with Crippen molar-refractivity contribution in [2.75, 3.05) is 0 Å². The van der Waals surface area contributed by atoms with Crippen LogP contribution < -0.4 is 5.32 Å². The number of hydrogen-bond acceptors (Lipinski definition) is 1. The molecule has 0 radical (unpaired) electrons. The third kappa shape index (κ3) is 2.72. The van der Waals surface area contributed by atoms with Crippen molar-refractivity contribution in [3.8, 4) is 0 Å². The van der Waals surface area contributed by atoms with Gasteiger partial charge in [-0.25, -0.2) is 0 Å². The van der Waals surface area contributed by atoms with E-state index in [4.69, 9.17) is 0 Å². The second kappa shape index (κ2) is 4.97. The van der Waals surface area contributed by atoms with Gasteiger partial charge in [-0.15, -0.1) is 0 Å². The van der Waals surface area contributed by atoms with Crippen molar-refractivity contribution < 1.29 is 4.79 Å². The molecule has 3 heteroatoms. The number of fused-ring (bicyclic) bond motifs is 1. The summed E-state index contributed by atoms with van der Waals surface area (Å²) >= 11 is 0. The summed E-state index contributed by atoms with van der Waals surface area (Å²) in [7, 11) is 0. The van der Waals surface area contributed by atoms with Gasteiger partial charge in [-0.2, -0.15) is 0 Å². The maximum atomic E-state index is 12.4. The topological polar surface area (TPSA) is 44.9 Å². The van der Waals surface area contributed by atoms with Gasteiger partial charge in [0.15, 0.2) is 0 Å². The SMILES string of the molecule is CC1(C)CCCC(NC(=O)c2ccc3[nH]ccc3c2)C1. The van der Waals surface area contributed by atoms with Crippen LogP contribution in [0.4, 0.5) is 0 Å². The average molecular weight is 270 g/mol. The summed E-state index contributed by atoms with van der Waals surface area (Å²) in [5.41, 5.74) is 2.17. The molecule has 106 valence electrons. The predicted octanol–water partition coefficient (Wildman–Crippen LogP) is 3.87. The number of hydrogen-bond donors (Lipinski definition) is 2. The highest BCUT2D eigenvalue weighted by Gasteiger charge is 2.28. The summed E-state index contributed by atoms with van der Waals surface area (Å²) in [4.78, 5) is 15.5. The van der Waals surface area contributed by atoms with E-state index in [1.54, 1.807) is 0 Å². The lowest BCUT2D eigenvalue weighted by atomic mass is 9.75. The van der Waals surface area contributed by atoms with Gasteiger partial charge >= 0.3 is 0 Å². The highest BCUT2D eigenvalue weighted by Crippen LogP contribution is 2.35. The molecular weight excluding hydrogens is 248 g/mol. The van der Waals surface area contributed by atoms with Crippen LogP contribution in [0.2, 0.25) is 0 Å². The van der Waals surface area contributed by atoms with E-state index >= 15 is 0 Å². The molecule has 1 unspecified atom stereocenters. The second-order valence-electron chi connectivity index (χ2n) is 6.71. The molecule has 2 N–H and O–H groups in total. The molecular formula is C17H22N2O. The molecule has 1 aromatic carbocycles. The van der Waals surface area contributed by atoms with Gasteiger partial charge in [-0.1, -0.05) is 20.3 Å². The number of H-pyrrole nitrogens is 1. The molecule has 3 rings (SSSR count). The zero-order chi connectivity index (χ0) is 14.2. The first-order valence-electron chi connectivity index (χ1n) is 7.42. The summed E-state index contributed by atoms with van der Waals surface area (Å²) in [6, 6.07) is 8.12. The zero-order valence-electron chi connectivity index (χ0n) is 12.2. The Hall–Kier alpha value is -1.77. The highest BCUT2D eigenvalue weighted by atomic mass is 16.1. The van der Waals surface area contributed by atoms with Gasteiger partial charge in [0.05, 0.1) is 0 Å². The first-order valence-corrected chi connectivity index (χ1v) is 7.42. The molecule has 1 aromatic heterocycles. The molecule has 1 aliphatic carbocycles. The average Bonchev–Trinajstić information content (AvgIpc) is 2.84. The number of benzene rings is 1. The first kappa shape index (κ1) is 13.2. The number of nitrogens with one attached hydrogen (secondary N) is 2. The van der Waals surface area contributed by atoms with E-state index in [9.17, 15) is 4.79 Å². The Bertz CT molecular complexity index is 627. The normalized spacial score (nSPS) is 21.8. The minimum Gasteiger partial charge on any atom is -0.361 e. The Morgan fingerprint density at radius 1 is 1.35 bits per heavy atom. The third-order valence-corrected chi connectivity index (χ3v) is 4.36. The summed E-state index contributed by atoms with van der Waals surface area (Å²) in [5.74, 6) is 0.0517. The van der Waals surface area contributed by atoms with Crippen LogP contribution in [0.25, 0.3) is 10.9 Å². The third-order valence-electron chi connectivity index (χ3n) is 4.36. The molecule has 0 bridgehead atoms. The Morgan fingerprint density at radius 2 is 2.20 bits per heavy atom. The van der Waals surface area contributed by atoms with Crippen LogP contribution in [0.15, 0.2) is 30.5 Å². The summed E-state index contributed by atoms with van der Waals surface area (Å²) < 4.78 is 0. The molecule has 0 saturated heterocycles. The van der Waals surface area contributed by atoms with E-state index in [-0.39, 0.29) is 5.91 Å². The number of amides is 1. The fraction of sp³-hybridized carbons (Fsp3) is 0.471. The van der Waals surface area contributed by atoms with Crippen LogP contribution in [0.1, 0.15) is 49.9 Å². The lowest BCUT2D eigenvalue weighted by Crippen LogP contribution is -2.40. The van der Waals surface area contributed by atoms with Gasteiger partial charge < -0.3 is 10.3 Å². The molecule has 1 heterocycles. The Morgan fingerprint density at radius 3 is 3.00 bits per heavy atom. The second-order valence-corrected chi connectivity index (χ2v) is 6.71. The molecule has 1 saturated carbocycles. The summed E-state index contributed by atoms with van der Waals surface area (Å²) in [6.07, 6.45) is 6.53. The van der Waals surface area contributed by atoms with Crippen LogP contribution in [-0.2, 0) is 0 Å². The van der Waals surface area contributed by atoms with Crippen molar-refractivity contribution in [3.05, 3.63) is 36.0 Å². The van der Waals surface area contributed by atoms with E-state index < -0.39 is 0 Å². The van der Waals surface area contributed by atoms with Gasteiger partial charge in [0.2, 0.25) is 0 Å². The zero-order valence-corrected chi connectivity index (χ0v) is 12.2. The number of aromatic amines is 1. The molecule has 3 nitrogen and oxygen atoms in total. The number of carbonyl (C=O) groups excluding carboxylic acids is 1. The fourth-order valence-corrected chi connectivity index (χ4v) is 3.28. The van der Waals surface area contributed by atoms with Crippen molar-refractivity contribution in [1.29, 1.82) is 0 Å². The van der Waals surface area contributed by atoms with E-state index in [2.05, 4.69) is 24.1 Å². The number of aromatic nitrogens is 1. The van der Waals surface area contributed by atoms with E-state index in [1.165, 1.54) is 12.8 Å². The molecule has 0 aliphatic heterocycles. The van der Waals surface area contributed by atoms with E-state index in [0.29, 0.717) is 11.5 Å². The van der Waals surface area contributed by atoms with Crippen LogP contribution in [-0.4, -0.2) is 16.9 Å². The molecule has 1 amide bonds. The van der Waals surface area contributed by atoms with Gasteiger partial charge in [0, 0.05) is 28.7 Å². The minimum atomic E-state index is 0.0517. The van der Waals surface area contributed by atoms with Gasteiger partial charge in [0.25, 0.3) is 5.91 Å². The molecule has 2 aromatic rings. The highest BCUT2D eigenvalue weighted by molar-refractivity contribution is 5.98. The molecule has 1 aliphatic rings. The van der Waals surface area contributed by atoms with Crippen molar-refractivity contribution in [3.63, 3.8) is 0 Å². The standard InChI is InChI=1S/C17H22N2O/c1-17(2)8-3-4-14(11-17)19-16(20)13-5-6-15-12(10-13)7-9-18-15/h5-7,9-10,14,18H,3-4,8,11H2,1-2H3,(H,19,20). The maximum absolute atomic E-state index is 12.4. The van der Waals surface area contributed by atoms with Gasteiger partial charge in [-0.05, 0) is 48.9 Å². The van der Waals surface area contributed by atoms with Crippen molar-refractivity contribution in [1.82, 2.24) is 10.3 Å². The molecule has 0 spiro atoms. The quantitative estimate of drug-likeness (QED) is 0.855. The van der Waals surface area contributed by atoms with Crippen LogP contribution >= 0.6 is 0 Å². The van der Waals surface area contributed by atoms with Gasteiger partial charge in [0.1, 0.15) is 0 Å². The van der Waals surface area contributed by atoms with Crippen LogP contribution in [0.3, 0.4) is 0 Å². The van der Waals surface area contributed by atoms with Crippen molar-refractivity contribution >= 4 is 16.8 Å². The Kier molecular flexibility index (Phi) is 3.28. The van der Waals surface area contributed by atoms with E-state index in [1.807, 2.05) is 30.5 Å². The fourth-order valence-electron chi connectivity index (χ4n) is 3.28. The first-order chi connectivity index (χ1) is 9.53. The molecule has 1 atom stereocenters. The predicted molar refractivity (Wildman–Crippen MR) is 81.8 cm³/mol. The van der Waals surface area contributed by atoms with Crippen LogP contribution in [0, 0.1) is 5.41 Å². The molecule has 20 heavy (non-hydrogen) atoms.